The van der Waals surface area contributed by atoms with E-state index in [4.69, 9.17) is 37.0 Å². The summed E-state index contributed by atoms with van der Waals surface area (Å²) in [5.74, 6) is -2.39. The lowest BCUT2D eigenvalue weighted by Gasteiger charge is -2.21. The van der Waals surface area contributed by atoms with Crippen molar-refractivity contribution in [3.8, 4) is 0 Å². The van der Waals surface area contributed by atoms with E-state index < -0.39 is 97.5 Å². The average Bonchev–Trinajstić information content (AvgIpc) is 0.923. The molecule has 0 saturated carbocycles. The van der Waals surface area contributed by atoms with E-state index in [1.807, 2.05) is 30.4 Å². The predicted molar refractivity (Wildman–Crippen MR) is 417 cm³/mol. The Morgan fingerprint density at radius 2 is 0.539 bits per heavy atom. The minimum Gasteiger partial charge on any atom is -0.462 e. The van der Waals surface area contributed by atoms with Crippen LogP contribution < -0.4 is 0 Å². The van der Waals surface area contributed by atoms with Crippen molar-refractivity contribution in [2.45, 2.75) is 277 Å². The highest BCUT2D eigenvalue weighted by molar-refractivity contribution is 7.47. The summed E-state index contributed by atoms with van der Waals surface area (Å²) in [5.41, 5.74) is 0. The third-order valence-corrected chi connectivity index (χ3v) is 16.7. The zero-order chi connectivity index (χ0) is 74.6. The van der Waals surface area contributed by atoms with Gasteiger partial charge >= 0.3 is 39.5 Å². The summed E-state index contributed by atoms with van der Waals surface area (Å²) in [5, 5.41) is 10.6. The van der Waals surface area contributed by atoms with Crippen LogP contribution in [0.4, 0.5) is 0 Å². The molecule has 0 aliphatic rings. The Hall–Kier alpha value is -5.84. The maximum absolute atomic E-state index is 13.1. The molecular formula is C83H132O17P2. The van der Waals surface area contributed by atoms with Gasteiger partial charge in [-0.1, -0.05) is 261 Å². The normalized spacial score (nSPS) is 14.9. The molecule has 0 rings (SSSR count). The molecule has 3 N–H and O–H groups in total. The van der Waals surface area contributed by atoms with Crippen LogP contribution in [-0.4, -0.2) is 96.7 Å². The van der Waals surface area contributed by atoms with Gasteiger partial charge in [-0.2, -0.15) is 0 Å². The molecular weight excluding hydrogens is 1330 g/mol. The number of aliphatic hydroxyl groups is 1. The van der Waals surface area contributed by atoms with Gasteiger partial charge in [0.2, 0.25) is 0 Å². The largest absolute Gasteiger partial charge is 0.472 e. The minimum absolute atomic E-state index is 0.00725. The van der Waals surface area contributed by atoms with Gasteiger partial charge in [0.1, 0.15) is 19.3 Å². The van der Waals surface area contributed by atoms with Crippen molar-refractivity contribution in [1.29, 1.82) is 0 Å². The summed E-state index contributed by atoms with van der Waals surface area (Å²) in [7, 11) is -10.0. The van der Waals surface area contributed by atoms with E-state index in [0.29, 0.717) is 38.5 Å². The number of phosphoric ester groups is 2. The smallest absolute Gasteiger partial charge is 0.462 e. The monoisotopic (exact) mass is 1460 g/mol. The van der Waals surface area contributed by atoms with Crippen LogP contribution in [0.25, 0.3) is 0 Å². The van der Waals surface area contributed by atoms with Gasteiger partial charge in [0.15, 0.2) is 12.2 Å². The van der Waals surface area contributed by atoms with Crippen LogP contribution >= 0.6 is 15.6 Å². The van der Waals surface area contributed by atoms with Crippen LogP contribution in [0, 0.1) is 0 Å². The van der Waals surface area contributed by atoms with Crippen molar-refractivity contribution >= 4 is 39.5 Å². The van der Waals surface area contributed by atoms with Crippen molar-refractivity contribution in [1.82, 2.24) is 0 Å². The quantitative estimate of drug-likeness (QED) is 0.0169. The number of rotatable bonds is 69. The number of carbonyl (C=O) groups excluding carboxylic acids is 4. The van der Waals surface area contributed by atoms with Gasteiger partial charge in [-0.3, -0.25) is 37.3 Å². The number of esters is 4. The molecule has 0 bridgehead atoms. The van der Waals surface area contributed by atoms with E-state index in [9.17, 15) is 43.2 Å². The first-order valence-corrected chi connectivity index (χ1v) is 41.0. The maximum atomic E-state index is 13.1. The number of aliphatic hydroxyl groups excluding tert-OH is 1. The molecule has 5 atom stereocenters. The van der Waals surface area contributed by atoms with E-state index in [1.54, 1.807) is 0 Å². The number of hydrogen-bond donors (Lipinski definition) is 3. The van der Waals surface area contributed by atoms with Crippen molar-refractivity contribution in [3.05, 3.63) is 182 Å². The first kappa shape index (κ1) is 96.2. The van der Waals surface area contributed by atoms with E-state index in [1.165, 1.54) is 0 Å². The van der Waals surface area contributed by atoms with Gasteiger partial charge in [-0.25, -0.2) is 9.13 Å². The van der Waals surface area contributed by atoms with Crippen LogP contribution in [0.3, 0.4) is 0 Å². The third-order valence-electron chi connectivity index (χ3n) is 14.8. The molecule has 17 nitrogen and oxygen atoms in total. The molecule has 0 amide bonds. The summed E-state index contributed by atoms with van der Waals surface area (Å²) < 4.78 is 68.3. The summed E-state index contributed by atoms with van der Waals surface area (Å²) in [6.07, 6.45) is 87.7. The molecule has 0 aliphatic carbocycles. The molecule has 576 valence electrons. The summed E-state index contributed by atoms with van der Waals surface area (Å²) >= 11 is 0. The number of carbonyl (C=O) groups is 4. The fourth-order valence-electron chi connectivity index (χ4n) is 9.12. The predicted octanol–water partition coefficient (Wildman–Crippen LogP) is 22.0. The van der Waals surface area contributed by atoms with Crippen LogP contribution in [0.1, 0.15) is 259 Å². The highest BCUT2D eigenvalue weighted by atomic mass is 31.2. The second kappa shape index (κ2) is 73.5. The zero-order valence-corrected chi connectivity index (χ0v) is 64.5. The number of phosphoric acid groups is 2. The Kier molecular flexibility index (Phi) is 69.3. The highest BCUT2D eigenvalue weighted by Gasteiger charge is 2.30. The van der Waals surface area contributed by atoms with Crippen LogP contribution in [0.5, 0.6) is 0 Å². The molecule has 0 heterocycles. The van der Waals surface area contributed by atoms with Crippen LogP contribution in [0.2, 0.25) is 0 Å². The Balaban J connectivity index is 5.51. The fourth-order valence-corrected chi connectivity index (χ4v) is 10.7. The molecule has 0 saturated heterocycles. The van der Waals surface area contributed by atoms with Gasteiger partial charge in [-0.15, -0.1) is 0 Å². The van der Waals surface area contributed by atoms with E-state index in [2.05, 4.69) is 180 Å². The van der Waals surface area contributed by atoms with Gasteiger partial charge < -0.3 is 33.8 Å². The Morgan fingerprint density at radius 3 is 0.882 bits per heavy atom. The number of hydrogen-bond acceptors (Lipinski definition) is 15. The molecule has 0 fully saturated rings. The molecule has 5 unspecified atom stereocenters. The second-order valence-electron chi connectivity index (χ2n) is 24.5. The lowest BCUT2D eigenvalue weighted by molar-refractivity contribution is -0.161. The first-order valence-electron chi connectivity index (χ1n) is 38.0. The molecule has 0 aromatic heterocycles. The third kappa shape index (κ3) is 72.5. The van der Waals surface area contributed by atoms with Gasteiger partial charge in [0.25, 0.3) is 0 Å². The number of unbranched alkanes of at least 4 members (excludes halogenated alkanes) is 13. The van der Waals surface area contributed by atoms with E-state index in [-0.39, 0.29) is 25.7 Å². The lowest BCUT2D eigenvalue weighted by Crippen LogP contribution is -2.30. The van der Waals surface area contributed by atoms with Gasteiger partial charge in [0, 0.05) is 25.7 Å². The Bertz CT molecular complexity index is 2650. The van der Waals surface area contributed by atoms with Crippen molar-refractivity contribution in [3.63, 3.8) is 0 Å². The molecule has 19 heteroatoms. The van der Waals surface area contributed by atoms with Crippen molar-refractivity contribution in [2.75, 3.05) is 39.6 Å². The highest BCUT2D eigenvalue weighted by Crippen LogP contribution is 2.45. The standard InChI is InChI=1S/C83H132O17P2/c1-5-9-13-17-21-25-29-33-35-37-38-40-41-45-48-52-56-60-64-68-81(86)94-74-79(100-83(88)70-66-62-58-54-50-46-42-39-36-34-30-26-22-18-14-10-6-2)76-98-102(91,92)96-72-77(84)71-95-101(89,90)97-75-78(99-82(87)69-65-61-57-53-49-44-32-28-24-20-16-12-8-4)73-93-80(85)67-63-59-55-51-47-43-31-27-23-19-15-11-7-3/h9-10,13-16,19-22,25-28,31-36,38,40,42,45-46,48,54,56,58,60,77-79,84H,5-8,11-12,17-18,23-24,29-30,37,39,41,43-44,47,49-53,55,57,59,61-76H2,1-4H3,(H,89,90)(H,91,92)/b13-9-,14-10-,19-15-,20-16-,25-21-,26-22-,31-27-,32-28-,35-33-,36-34-,40-38-,46-42-,48-45-,58-54-,60-56-. The number of allylic oxidation sites excluding steroid dienone is 30. The van der Waals surface area contributed by atoms with E-state index in [0.717, 1.165) is 167 Å². The topological polar surface area (TPSA) is 237 Å². The number of ether oxygens (including phenoxy) is 4. The van der Waals surface area contributed by atoms with Gasteiger partial charge in [-0.05, 0) is 154 Å². The first-order chi connectivity index (χ1) is 49.7. The fraction of sp³-hybridized carbons (Fsp3) is 0.590. The molecule has 0 spiro atoms. The average molecular weight is 1460 g/mol. The molecule has 0 aromatic rings. The minimum atomic E-state index is -5.02. The molecule has 0 aromatic carbocycles. The Labute approximate surface area is 615 Å². The van der Waals surface area contributed by atoms with E-state index >= 15 is 0 Å². The zero-order valence-electron chi connectivity index (χ0n) is 62.7. The lowest BCUT2D eigenvalue weighted by atomic mass is 10.1. The summed E-state index contributed by atoms with van der Waals surface area (Å²) in [6.45, 7) is 4.29. The van der Waals surface area contributed by atoms with Crippen LogP contribution in [0.15, 0.2) is 182 Å². The molecule has 0 radical (unpaired) electrons. The van der Waals surface area contributed by atoms with Crippen molar-refractivity contribution in [2.24, 2.45) is 0 Å². The van der Waals surface area contributed by atoms with Crippen LogP contribution in [-0.2, 0) is 65.4 Å². The maximum Gasteiger partial charge on any atom is 0.472 e. The second-order valence-corrected chi connectivity index (χ2v) is 27.4. The summed E-state index contributed by atoms with van der Waals surface area (Å²) in [6, 6.07) is 0. The van der Waals surface area contributed by atoms with Gasteiger partial charge in [0.05, 0.1) is 26.4 Å². The molecule has 102 heavy (non-hydrogen) atoms. The SMILES string of the molecule is CC/C=C\C/C=C\C/C=C\C/C=C\C/C=C\C/C=C\CCC(=O)OCC(COP(=O)(O)OCC(O)COP(=O)(O)OCC(COC(=O)CCCCCCC/C=C\C/C=C\CCC)OC(=O)CCCCCCC/C=C\C/C=C\CCC)OC(=O)CCC/C=C\C/C=C\C/C=C\C/C=C\C/C=C\CC. The summed E-state index contributed by atoms with van der Waals surface area (Å²) in [4.78, 5) is 72.8. The molecule has 0 aliphatic heterocycles. The Morgan fingerprint density at radius 1 is 0.284 bits per heavy atom. The van der Waals surface area contributed by atoms with Crippen molar-refractivity contribution < 1.29 is 80.2 Å².